The van der Waals surface area contributed by atoms with Gasteiger partial charge in [-0.3, -0.25) is 9.59 Å². The van der Waals surface area contributed by atoms with Crippen LogP contribution in [0.2, 0.25) is 0 Å². The molecule has 0 spiro atoms. The average Bonchev–Trinajstić information content (AvgIpc) is 3.29. The highest BCUT2D eigenvalue weighted by atomic mass is 32.1. The number of nitrogens with one attached hydrogen (secondary N) is 2. The zero-order valence-corrected chi connectivity index (χ0v) is 23.8. The topological polar surface area (TPSA) is 121 Å². The molecular formula is C31H33FN4O5S. The predicted molar refractivity (Wildman–Crippen MR) is 157 cm³/mol. The van der Waals surface area contributed by atoms with Crippen LogP contribution in [0.25, 0.3) is 10.2 Å². The van der Waals surface area contributed by atoms with E-state index in [1.54, 1.807) is 18.2 Å². The first-order valence-electron chi connectivity index (χ1n) is 14.4. The van der Waals surface area contributed by atoms with Crippen LogP contribution in [0.3, 0.4) is 0 Å². The van der Waals surface area contributed by atoms with Crippen molar-refractivity contribution >= 4 is 45.0 Å². The minimum Gasteiger partial charge on any atom is -0.479 e. The molecule has 2 aromatic carbocycles. The number of allylic oxidation sites excluding steroid dienone is 1. The van der Waals surface area contributed by atoms with Gasteiger partial charge in [0.25, 0.3) is 5.19 Å². The number of anilines is 1. The summed E-state index contributed by atoms with van der Waals surface area (Å²) in [5.41, 5.74) is -0.381. The summed E-state index contributed by atoms with van der Waals surface area (Å²) in [4.78, 5) is 46.2. The van der Waals surface area contributed by atoms with Crippen molar-refractivity contribution in [3.63, 3.8) is 0 Å². The molecular weight excluding hydrogens is 559 g/mol. The van der Waals surface area contributed by atoms with E-state index in [0.29, 0.717) is 18.0 Å². The number of carbonyl (C=O) groups excluding carboxylic acids is 2. The fourth-order valence-electron chi connectivity index (χ4n) is 5.96. The number of carboxylic acids is 1. The second kappa shape index (κ2) is 11.7. The Morgan fingerprint density at radius 2 is 1.95 bits per heavy atom. The van der Waals surface area contributed by atoms with Gasteiger partial charge in [-0.25, -0.2) is 14.2 Å². The van der Waals surface area contributed by atoms with Gasteiger partial charge in [-0.15, -0.1) is 0 Å². The maximum atomic E-state index is 14.6. The molecule has 3 aromatic rings. The number of carbonyl (C=O) groups is 3. The molecule has 1 saturated heterocycles. The van der Waals surface area contributed by atoms with Gasteiger partial charge >= 0.3 is 5.97 Å². The lowest BCUT2D eigenvalue weighted by molar-refractivity contribution is -0.145. The standard InChI is InChI=1S/C31H33FN4O5S/c32-21-11-6-7-12-22(21)33-24-14-5-3-1-2-4-10-19-17-31(19,29(39)40)35-27(37)25-16-20(18-36(25)28(24)38)41-30-34-23-13-8-9-15-26(23)42-30/h4,6-13,15,19-20,24-25,33H,1-3,5,14,16-18H2,(H,35,37)(H,39,40)/b10-4-/t19-,20-,24+,25+,31-/m1/s1. The number of ether oxygens (including phenoxy) is 1. The number of aliphatic carboxylic acids is 1. The van der Waals surface area contributed by atoms with E-state index in [4.69, 9.17) is 4.74 Å². The molecule has 11 heteroatoms. The molecule has 0 bridgehead atoms. The first-order chi connectivity index (χ1) is 20.3. The van der Waals surface area contributed by atoms with Crippen molar-refractivity contribution in [1.82, 2.24) is 15.2 Å². The van der Waals surface area contributed by atoms with Gasteiger partial charge < -0.3 is 25.4 Å². The number of amides is 2. The molecule has 0 radical (unpaired) electrons. The van der Waals surface area contributed by atoms with Crippen molar-refractivity contribution in [3.8, 4) is 5.19 Å². The Labute approximate surface area is 246 Å². The maximum Gasteiger partial charge on any atom is 0.330 e. The maximum absolute atomic E-state index is 14.6. The summed E-state index contributed by atoms with van der Waals surface area (Å²) >= 11 is 1.38. The third-order valence-electron chi connectivity index (χ3n) is 8.37. The molecule has 42 heavy (non-hydrogen) atoms. The highest BCUT2D eigenvalue weighted by Crippen LogP contribution is 2.45. The average molecular weight is 593 g/mol. The van der Waals surface area contributed by atoms with E-state index in [1.807, 2.05) is 36.4 Å². The Bertz CT molecular complexity index is 1490. The van der Waals surface area contributed by atoms with Crippen LogP contribution in [-0.4, -0.2) is 63.0 Å². The second-order valence-electron chi connectivity index (χ2n) is 11.2. The predicted octanol–water partition coefficient (Wildman–Crippen LogP) is 4.74. The zero-order valence-electron chi connectivity index (χ0n) is 23.0. The Morgan fingerprint density at radius 3 is 2.76 bits per heavy atom. The number of benzene rings is 2. The Balaban J connectivity index is 1.29. The molecule has 6 rings (SSSR count). The third-order valence-corrected chi connectivity index (χ3v) is 9.29. The molecule has 2 aliphatic heterocycles. The smallest absolute Gasteiger partial charge is 0.330 e. The molecule has 5 atom stereocenters. The molecule has 3 N–H and O–H groups in total. The van der Waals surface area contributed by atoms with Crippen molar-refractivity contribution in [2.24, 2.45) is 5.92 Å². The van der Waals surface area contributed by atoms with Gasteiger partial charge in [0.2, 0.25) is 11.8 Å². The molecule has 0 unspecified atom stereocenters. The van der Waals surface area contributed by atoms with Crippen LogP contribution in [0.4, 0.5) is 10.1 Å². The summed E-state index contributed by atoms with van der Waals surface area (Å²) in [6, 6.07) is 12.1. The van der Waals surface area contributed by atoms with Gasteiger partial charge in [0.1, 0.15) is 29.5 Å². The van der Waals surface area contributed by atoms with Gasteiger partial charge in [0.15, 0.2) is 0 Å². The third kappa shape index (κ3) is 5.70. The minimum atomic E-state index is -1.39. The summed E-state index contributed by atoms with van der Waals surface area (Å²) in [6.45, 7) is 0.117. The highest BCUT2D eigenvalue weighted by Gasteiger charge is 2.61. The van der Waals surface area contributed by atoms with Crippen LogP contribution in [0, 0.1) is 11.7 Å². The van der Waals surface area contributed by atoms with Gasteiger partial charge in [-0.2, -0.15) is 0 Å². The van der Waals surface area contributed by atoms with Gasteiger partial charge in [0, 0.05) is 12.3 Å². The zero-order chi connectivity index (χ0) is 29.3. The Morgan fingerprint density at radius 1 is 1.14 bits per heavy atom. The van der Waals surface area contributed by atoms with Crippen LogP contribution in [-0.2, 0) is 14.4 Å². The van der Waals surface area contributed by atoms with Crippen LogP contribution in [0.1, 0.15) is 44.9 Å². The summed E-state index contributed by atoms with van der Waals surface area (Å²) < 4.78 is 21.8. The summed E-state index contributed by atoms with van der Waals surface area (Å²) in [5, 5.41) is 16.3. The molecule has 9 nitrogen and oxygen atoms in total. The largest absolute Gasteiger partial charge is 0.479 e. The second-order valence-corrected chi connectivity index (χ2v) is 12.2. The number of nitrogens with zero attached hydrogens (tertiary/aromatic N) is 2. The van der Waals surface area contributed by atoms with Crippen molar-refractivity contribution in [2.45, 2.75) is 68.7 Å². The molecule has 2 fully saturated rings. The van der Waals surface area contributed by atoms with E-state index in [9.17, 15) is 23.9 Å². The monoisotopic (exact) mass is 592 g/mol. The van der Waals surface area contributed by atoms with Crippen LogP contribution in [0.5, 0.6) is 5.19 Å². The number of halogens is 1. The number of thiazole rings is 1. The van der Waals surface area contributed by atoms with Crippen LogP contribution < -0.4 is 15.4 Å². The van der Waals surface area contributed by atoms with Crippen LogP contribution in [0.15, 0.2) is 60.7 Å². The van der Waals surface area contributed by atoms with E-state index >= 15 is 0 Å². The first-order valence-corrected chi connectivity index (χ1v) is 15.2. The normalized spacial score (nSPS) is 29.0. The summed E-state index contributed by atoms with van der Waals surface area (Å²) in [6.07, 6.45) is 7.49. The molecule has 1 aliphatic carbocycles. The lowest BCUT2D eigenvalue weighted by Gasteiger charge is -2.30. The summed E-state index contributed by atoms with van der Waals surface area (Å²) in [5.74, 6) is -2.75. The SMILES string of the molecule is O=C1N[C@]2(C(=O)O)C[C@H]2/C=C\CCCCC[C@H](Nc2ccccc2F)C(=O)N2C[C@H](Oc3nc4ccccc4s3)C[C@@H]12. The first kappa shape index (κ1) is 28.1. The summed E-state index contributed by atoms with van der Waals surface area (Å²) in [7, 11) is 0. The molecule has 1 saturated carbocycles. The molecule has 3 aliphatic rings. The lowest BCUT2D eigenvalue weighted by atomic mass is 10.0. The van der Waals surface area contributed by atoms with E-state index in [-0.39, 0.29) is 30.5 Å². The number of hydrogen-bond acceptors (Lipinski definition) is 7. The number of carboxylic acid groups (broad SMARTS) is 1. The number of para-hydroxylation sites is 2. The highest BCUT2D eigenvalue weighted by molar-refractivity contribution is 7.20. The van der Waals surface area contributed by atoms with Crippen molar-refractivity contribution in [1.29, 1.82) is 0 Å². The number of hydrogen-bond donors (Lipinski definition) is 3. The molecule has 1 aromatic heterocycles. The van der Waals surface area contributed by atoms with E-state index in [1.165, 1.54) is 22.3 Å². The van der Waals surface area contributed by atoms with Gasteiger partial charge in [-0.1, -0.05) is 60.6 Å². The quantitative estimate of drug-likeness (QED) is 0.366. The minimum absolute atomic E-state index is 0.117. The van der Waals surface area contributed by atoms with Crippen molar-refractivity contribution in [2.75, 3.05) is 11.9 Å². The van der Waals surface area contributed by atoms with Crippen molar-refractivity contribution in [3.05, 3.63) is 66.5 Å². The van der Waals surface area contributed by atoms with Gasteiger partial charge in [-0.05, 0) is 49.9 Å². The Hall–Kier alpha value is -3.99. The number of aromatic nitrogens is 1. The number of fused-ring (bicyclic) bond motifs is 3. The Kier molecular flexibility index (Phi) is 7.85. The van der Waals surface area contributed by atoms with Gasteiger partial charge in [0.05, 0.1) is 22.4 Å². The lowest BCUT2D eigenvalue weighted by Crippen LogP contribution is -2.55. The molecule has 220 valence electrons. The molecule has 2 amide bonds. The van der Waals surface area contributed by atoms with Crippen molar-refractivity contribution < 1.29 is 28.6 Å². The fraction of sp³-hybridized carbons (Fsp3) is 0.419. The fourth-order valence-corrected chi connectivity index (χ4v) is 6.84. The molecule has 3 heterocycles. The van der Waals surface area contributed by atoms with E-state index in [0.717, 1.165) is 35.9 Å². The van der Waals surface area contributed by atoms with E-state index in [2.05, 4.69) is 15.6 Å². The van der Waals surface area contributed by atoms with Crippen LogP contribution >= 0.6 is 11.3 Å². The van der Waals surface area contributed by atoms with E-state index < -0.39 is 41.4 Å². The number of rotatable bonds is 5.